The maximum atomic E-state index is 12.6. The molecule has 28 heavy (non-hydrogen) atoms. The van der Waals surface area contributed by atoms with Crippen LogP contribution in [0.5, 0.6) is 0 Å². The summed E-state index contributed by atoms with van der Waals surface area (Å²) in [5.41, 5.74) is 3.65. The topological polar surface area (TPSA) is 63.2 Å². The number of amides is 1. The van der Waals surface area contributed by atoms with Gasteiger partial charge >= 0.3 is 0 Å². The Morgan fingerprint density at radius 3 is 2.79 bits per heavy atom. The van der Waals surface area contributed by atoms with E-state index in [0.29, 0.717) is 27.6 Å². The van der Waals surface area contributed by atoms with Gasteiger partial charge in [0.1, 0.15) is 0 Å². The van der Waals surface area contributed by atoms with E-state index in [4.69, 9.17) is 11.6 Å². The third kappa shape index (κ3) is 3.72. The van der Waals surface area contributed by atoms with Gasteiger partial charge in [0.25, 0.3) is 5.91 Å². The van der Waals surface area contributed by atoms with Crippen LogP contribution in [-0.2, 0) is 22.0 Å². The number of aryl methyl sites for hydroxylation is 1. The van der Waals surface area contributed by atoms with Crippen LogP contribution in [0, 0.1) is 6.92 Å². The van der Waals surface area contributed by atoms with Crippen LogP contribution in [0.2, 0.25) is 5.02 Å². The van der Waals surface area contributed by atoms with Gasteiger partial charge in [0.15, 0.2) is 9.84 Å². The lowest BCUT2D eigenvalue weighted by molar-refractivity contribution is 0.0958. The van der Waals surface area contributed by atoms with E-state index in [2.05, 4.69) is 11.4 Å². The molecule has 144 valence electrons. The van der Waals surface area contributed by atoms with Crippen molar-refractivity contribution in [2.75, 3.05) is 6.54 Å². The minimum absolute atomic E-state index is 0.108. The van der Waals surface area contributed by atoms with Gasteiger partial charge in [-0.1, -0.05) is 47.5 Å². The highest BCUT2D eigenvalue weighted by Gasteiger charge is 2.31. The highest BCUT2D eigenvalue weighted by Crippen LogP contribution is 2.43. The number of halogens is 1. The van der Waals surface area contributed by atoms with Gasteiger partial charge in [-0.25, -0.2) is 8.42 Å². The predicted molar refractivity (Wildman–Crippen MR) is 113 cm³/mol. The number of rotatable bonds is 4. The summed E-state index contributed by atoms with van der Waals surface area (Å²) in [4.78, 5) is 14.2. The van der Waals surface area contributed by atoms with Crippen molar-refractivity contribution in [1.82, 2.24) is 5.32 Å². The van der Waals surface area contributed by atoms with Crippen molar-refractivity contribution in [3.8, 4) is 10.4 Å². The predicted octanol–water partition coefficient (Wildman–Crippen LogP) is 4.64. The second-order valence-electron chi connectivity index (χ2n) is 6.86. The average Bonchev–Trinajstić information content (AvgIpc) is 3.05. The molecular weight excluding hydrogens is 414 g/mol. The number of thiophene rings is 1. The van der Waals surface area contributed by atoms with Crippen molar-refractivity contribution in [1.29, 1.82) is 0 Å². The van der Waals surface area contributed by atoms with Crippen LogP contribution in [0.25, 0.3) is 10.4 Å². The zero-order chi connectivity index (χ0) is 19.9. The minimum atomic E-state index is -3.46. The standard InChI is InChI=1S/C21H18ClNO3S2/c1-13-3-2-4-14(9-13)7-8-23-21(24)18-10-15-12-28(25,26)19-11-16(22)5-6-17(19)20(15)27-18/h2-6,9-11H,7-8,12H2,1H3,(H,23,24). The molecule has 1 amide bonds. The summed E-state index contributed by atoms with van der Waals surface area (Å²) in [6.45, 7) is 2.56. The van der Waals surface area contributed by atoms with E-state index >= 15 is 0 Å². The molecule has 1 aliphatic rings. The highest BCUT2D eigenvalue weighted by molar-refractivity contribution is 7.91. The van der Waals surface area contributed by atoms with Crippen LogP contribution < -0.4 is 5.32 Å². The van der Waals surface area contributed by atoms with Gasteiger partial charge in [-0.2, -0.15) is 0 Å². The third-order valence-corrected chi connectivity index (χ3v) is 7.83. The maximum absolute atomic E-state index is 12.6. The summed E-state index contributed by atoms with van der Waals surface area (Å²) in [7, 11) is -3.46. The second-order valence-corrected chi connectivity index (χ2v) is 10.3. The Labute approximate surface area is 173 Å². The Morgan fingerprint density at radius 2 is 2.00 bits per heavy atom. The van der Waals surface area contributed by atoms with Gasteiger partial charge in [-0.15, -0.1) is 11.3 Å². The fourth-order valence-electron chi connectivity index (χ4n) is 3.37. The monoisotopic (exact) mass is 431 g/mol. The van der Waals surface area contributed by atoms with Crippen LogP contribution in [-0.4, -0.2) is 20.9 Å². The summed E-state index contributed by atoms with van der Waals surface area (Å²) >= 11 is 7.30. The Kier molecular flexibility index (Phi) is 5.04. The van der Waals surface area contributed by atoms with Gasteiger partial charge in [0, 0.05) is 22.0 Å². The normalized spacial score (nSPS) is 14.2. The number of carbonyl (C=O) groups is 1. The van der Waals surface area contributed by atoms with Crippen molar-refractivity contribution in [3.63, 3.8) is 0 Å². The lowest BCUT2D eigenvalue weighted by Crippen LogP contribution is -2.24. The molecule has 3 aromatic rings. The lowest BCUT2D eigenvalue weighted by Gasteiger charge is -2.16. The molecule has 2 aromatic carbocycles. The van der Waals surface area contributed by atoms with E-state index < -0.39 is 9.84 Å². The number of nitrogens with one attached hydrogen (secondary N) is 1. The molecule has 0 unspecified atom stereocenters. The fourth-order valence-corrected chi connectivity index (χ4v) is 6.51. The first-order chi connectivity index (χ1) is 13.3. The van der Waals surface area contributed by atoms with Gasteiger partial charge in [0.05, 0.1) is 15.5 Å². The van der Waals surface area contributed by atoms with Crippen molar-refractivity contribution < 1.29 is 13.2 Å². The van der Waals surface area contributed by atoms with E-state index in [-0.39, 0.29) is 16.6 Å². The molecule has 0 bridgehead atoms. The molecule has 0 atom stereocenters. The average molecular weight is 432 g/mol. The first-order valence-electron chi connectivity index (χ1n) is 8.82. The molecule has 7 heteroatoms. The summed E-state index contributed by atoms with van der Waals surface area (Å²) in [5, 5.41) is 3.32. The highest BCUT2D eigenvalue weighted by atomic mass is 35.5. The van der Waals surface area contributed by atoms with Crippen molar-refractivity contribution in [3.05, 3.63) is 75.1 Å². The lowest BCUT2D eigenvalue weighted by atomic mass is 10.1. The molecular formula is C21H18ClNO3S2. The van der Waals surface area contributed by atoms with Crippen LogP contribution in [0.1, 0.15) is 26.4 Å². The first-order valence-corrected chi connectivity index (χ1v) is 11.7. The molecule has 2 heterocycles. The van der Waals surface area contributed by atoms with E-state index in [0.717, 1.165) is 11.3 Å². The molecule has 4 nitrogen and oxygen atoms in total. The molecule has 0 saturated carbocycles. The Bertz CT molecular complexity index is 1180. The van der Waals surface area contributed by atoms with E-state index in [1.54, 1.807) is 18.2 Å². The largest absolute Gasteiger partial charge is 0.351 e. The summed E-state index contributed by atoms with van der Waals surface area (Å²) in [5.74, 6) is -0.289. The number of fused-ring (bicyclic) bond motifs is 3. The zero-order valence-corrected chi connectivity index (χ0v) is 17.5. The molecule has 0 spiro atoms. The number of hydrogen-bond donors (Lipinski definition) is 1. The minimum Gasteiger partial charge on any atom is -0.351 e. The van der Waals surface area contributed by atoms with Gasteiger partial charge in [-0.3, -0.25) is 4.79 Å². The molecule has 0 saturated heterocycles. The number of sulfone groups is 1. The number of carbonyl (C=O) groups excluding carboxylic acids is 1. The van der Waals surface area contributed by atoms with Crippen LogP contribution in [0.3, 0.4) is 0 Å². The summed E-state index contributed by atoms with van der Waals surface area (Å²) in [6.07, 6.45) is 0.744. The SMILES string of the molecule is Cc1cccc(CCNC(=O)c2cc3c(s2)-c2ccc(Cl)cc2S(=O)(=O)C3)c1. The molecule has 1 aliphatic heterocycles. The molecule has 0 fully saturated rings. The Balaban J connectivity index is 1.54. The third-order valence-electron chi connectivity index (χ3n) is 4.68. The van der Waals surface area contributed by atoms with Gasteiger partial charge in [0.2, 0.25) is 0 Å². The Morgan fingerprint density at radius 1 is 1.18 bits per heavy atom. The second kappa shape index (κ2) is 7.35. The van der Waals surface area contributed by atoms with Gasteiger partial charge < -0.3 is 5.32 Å². The van der Waals surface area contributed by atoms with Crippen LogP contribution in [0.4, 0.5) is 0 Å². The van der Waals surface area contributed by atoms with Gasteiger partial charge in [-0.05, 0) is 42.7 Å². The first kappa shape index (κ1) is 19.2. The van der Waals surface area contributed by atoms with Crippen molar-refractivity contribution in [2.24, 2.45) is 0 Å². The number of hydrogen-bond acceptors (Lipinski definition) is 4. The van der Waals surface area contributed by atoms with Crippen molar-refractivity contribution >= 4 is 38.7 Å². The van der Waals surface area contributed by atoms with E-state index in [1.807, 2.05) is 25.1 Å². The van der Waals surface area contributed by atoms with Crippen molar-refractivity contribution in [2.45, 2.75) is 24.0 Å². The van der Waals surface area contributed by atoms with Crippen LogP contribution in [0.15, 0.2) is 53.4 Å². The molecule has 0 aliphatic carbocycles. The molecule has 1 N–H and O–H groups in total. The smallest absolute Gasteiger partial charge is 0.261 e. The fraction of sp³-hybridized carbons (Fsp3) is 0.190. The summed E-state index contributed by atoms with van der Waals surface area (Å²) in [6, 6.07) is 14.7. The molecule has 4 rings (SSSR count). The number of benzene rings is 2. The molecule has 0 radical (unpaired) electrons. The van der Waals surface area contributed by atoms with Crippen LogP contribution >= 0.6 is 22.9 Å². The zero-order valence-electron chi connectivity index (χ0n) is 15.2. The Hall–Kier alpha value is -2.15. The van der Waals surface area contributed by atoms with E-state index in [1.165, 1.54) is 28.5 Å². The maximum Gasteiger partial charge on any atom is 0.261 e. The van der Waals surface area contributed by atoms with E-state index in [9.17, 15) is 13.2 Å². The quantitative estimate of drug-likeness (QED) is 0.654. The summed E-state index contributed by atoms with van der Waals surface area (Å²) < 4.78 is 25.1. The molecule has 1 aromatic heterocycles.